The largest absolute Gasteiger partial charge is 0.467 e. The van der Waals surface area contributed by atoms with Crippen molar-refractivity contribution in [2.24, 2.45) is 0 Å². The lowest BCUT2D eigenvalue weighted by molar-refractivity contribution is -0.133. The highest BCUT2D eigenvalue weighted by molar-refractivity contribution is 5.89. The highest BCUT2D eigenvalue weighted by Crippen LogP contribution is 2.19. The zero-order valence-corrected chi connectivity index (χ0v) is 14.2. The minimum atomic E-state index is -0.562. The third-order valence-corrected chi connectivity index (χ3v) is 4.28. The first-order valence-electron chi connectivity index (χ1n) is 8.35. The molecule has 2 rings (SSSR count). The summed E-state index contributed by atoms with van der Waals surface area (Å²) in [7, 11) is 0. The SMILES string of the molecule is CC(NC(=O)C1CCCCN1C(C)C)C(=O)NCc1ccco1. The highest BCUT2D eigenvalue weighted by Gasteiger charge is 2.31. The van der Waals surface area contributed by atoms with Crippen molar-refractivity contribution in [2.45, 2.75) is 64.7 Å². The number of nitrogens with zero attached hydrogens (tertiary/aromatic N) is 1. The molecule has 6 heteroatoms. The van der Waals surface area contributed by atoms with E-state index in [1.54, 1.807) is 25.3 Å². The van der Waals surface area contributed by atoms with Crippen LogP contribution in [0, 0.1) is 0 Å². The Hall–Kier alpha value is -1.82. The molecule has 2 amide bonds. The fraction of sp³-hybridized carbons (Fsp3) is 0.647. The number of carbonyl (C=O) groups is 2. The number of likely N-dealkylation sites (tertiary alicyclic amines) is 1. The van der Waals surface area contributed by atoms with Crippen molar-refractivity contribution >= 4 is 11.8 Å². The van der Waals surface area contributed by atoms with Crippen molar-refractivity contribution in [1.82, 2.24) is 15.5 Å². The Morgan fingerprint density at radius 3 is 2.78 bits per heavy atom. The van der Waals surface area contributed by atoms with Crippen LogP contribution in [0.5, 0.6) is 0 Å². The van der Waals surface area contributed by atoms with Crippen molar-refractivity contribution in [2.75, 3.05) is 6.54 Å². The topological polar surface area (TPSA) is 74.6 Å². The molecule has 1 aliphatic rings. The molecule has 1 saturated heterocycles. The number of carbonyl (C=O) groups excluding carboxylic acids is 2. The first kappa shape index (κ1) is 17.5. The van der Waals surface area contributed by atoms with Gasteiger partial charge in [-0.15, -0.1) is 0 Å². The van der Waals surface area contributed by atoms with Crippen LogP contribution in [0.25, 0.3) is 0 Å². The van der Waals surface area contributed by atoms with Crippen LogP contribution < -0.4 is 10.6 Å². The van der Waals surface area contributed by atoms with Crippen LogP contribution in [0.4, 0.5) is 0 Å². The van der Waals surface area contributed by atoms with E-state index in [9.17, 15) is 9.59 Å². The fourth-order valence-electron chi connectivity index (χ4n) is 2.97. The number of hydrogen-bond acceptors (Lipinski definition) is 4. The second-order valence-electron chi connectivity index (χ2n) is 6.37. The zero-order valence-electron chi connectivity index (χ0n) is 14.2. The van der Waals surface area contributed by atoms with Gasteiger partial charge in [0.2, 0.25) is 11.8 Å². The van der Waals surface area contributed by atoms with Gasteiger partial charge in [0.25, 0.3) is 0 Å². The molecule has 2 N–H and O–H groups in total. The molecule has 6 nitrogen and oxygen atoms in total. The number of nitrogens with one attached hydrogen (secondary N) is 2. The third-order valence-electron chi connectivity index (χ3n) is 4.28. The molecule has 0 spiro atoms. The van der Waals surface area contributed by atoms with E-state index >= 15 is 0 Å². The normalized spacial score (nSPS) is 20.3. The Morgan fingerprint density at radius 1 is 1.35 bits per heavy atom. The monoisotopic (exact) mass is 321 g/mol. The van der Waals surface area contributed by atoms with Crippen molar-refractivity contribution < 1.29 is 14.0 Å². The van der Waals surface area contributed by atoms with Gasteiger partial charge in [-0.1, -0.05) is 6.42 Å². The average Bonchev–Trinajstić information content (AvgIpc) is 3.05. The first-order valence-corrected chi connectivity index (χ1v) is 8.35. The molecule has 0 aliphatic carbocycles. The van der Waals surface area contributed by atoms with Gasteiger partial charge < -0.3 is 15.1 Å². The lowest BCUT2D eigenvalue weighted by atomic mass is 9.99. The molecule has 23 heavy (non-hydrogen) atoms. The molecule has 1 fully saturated rings. The number of rotatable bonds is 6. The van der Waals surface area contributed by atoms with E-state index in [1.807, 2.05) is 0 Å². The van der Waals surface area contributed by atoms with Gasteiger partial charge in [0.1, 0.15) is 11.8 Å². The van der Waals surface area contributed by atoms with E-state index in [4.69, 9.17) is 4.42 Å². The van der Waals surface area contributed by atoms with Gasteiger partial charge in [0.05, 0.1) is 18.8 Å². The van der Waals surface area contributed by atoms with E-state index in [2.05, 4.69) is 29.4 Å². The van der Waals surface area contributed by atoms with Crippen molar-refractivity contribution in [3.63, 3.8) is 0 Å². The summed E-state index contributed by atoms with van der Waals surface area (Å²) in [5, 5.41) is 5.61. The maximum absolute atomic E-state index is 12.5. The van der Waals surface area contributed by atoms with Crippen molar-refractivity contribution in [3.8, 4) is 0 Å². The van der Waals surface area contributed by atoms with E-state index in [0.29, 0.717) is 18.3 Å². The predicted octanol–water partition coefficient (Wildman–Crippen LogP) is 1.66. The van der Waals surface area contributed by atoms with Crippen LogP contribution >= 0.6 is 0 Å². The highest BCUT2D eigenvalue weighted by atomic mass is 16.3. The fourth-order valence-corrected chi connectivity index (χ4v) is 2.97. The number of hydrogen-bond donors (Lipinski definition) is 2. The zero-order chi connectivity index (χ0) is 16.8. The Labute approximate surface area is 137 Å². The summed E-state index contributed by atoms with van der Waals surface area (Å²) in [6.07, 6.45) is 4.60. The summed E-state index contributed by atoms with van der Waals surface area (Å²) < 4.78 is 5.17. The van der Waals surface area contributed by atoms with Crippen molar-refractivity contribution in [3.05, 3.63) is 24.2 Å². The van der Waals surface area contributed by atoms with Gasteiger partial charge in [-0.05, 0) is 52.3 Å². The maximum Gasteiger partial charge on any atom is 0.242 e. The van der Waals surface area contributed by atoms with E-state index in [0.717, 1.165) is 25.8 Å². The van der Waals surface area contributed by atoms with Gasteiger partial charge in [0.15, 0.2) is 0 Å². The molecule has 1 aromatic rings. The van der Waals surface area contributed by atoms with Gasteiger partial charge >= 0.3 is 0 Å². The Morgan fingerprint density at radius 2 is 2.13 bits per heavy atom. The standard InChI is InChI=1S/C17H27N3O3/c1-12(2)20-9-5-4-8-15(20)17(22)19-13(3)16(21)18-11-14-7-6-10-23-14/h6-7,10,12-13,15H,4-5,8-9,11H2,1-3H3,(H,18,21)(H,19,22). The second-order valence-corrected chi connectivity index (χ2v) is 6.37. The molecule has 2 unspecified atom stereocenters. The summed E-state index contributed by atoms with van der Waals surface area (Å²) in [5.41, 5.74) is 0. The summed E-state index contributed by atoms with van der Waals surface area (Å²) in [5.74, 6) is 0.427. The number of piperidine rings is 1. The van der Waals surface area contributed by atoms with Gasteiger partial charge in [-0.2, -0.15) is 0 Å². The quantitative estimate of drug-likeness (QED) is 0.836. The first-order chi connectivity index (χ1) is 11.0. The van der Waals surface area contributed by atoms with Crippen molar-refractivity contribution in [1.29, 1.82) is 0 Å². The minimum absolute atomic E-state index is 0.0564. The Balaban J connectivity index is 1.84. The number of furan rings is 1. The summed E-state index contributed by atoms with van der Waals surface area (Å²) in [6.45, 7) is 7.18. The van der Waals surface area contributed by atoms with Crippen LogP contribution in [0.3, 0.4) is 0 Å². The van der Waals surface area contributed by atoms with Crippen LogP contribution in [0.1, 0.15) is 45.8 Å². The lowest BCUT2D eigenvalue weighted by Gasteiger charge is -2.37. The summed E-state index contributed by atoms with van der Waals surface area (Å²) >= 11 is 0. The van der Waals surface area contributed by atoms with Crippen LogP contribution in [0.15, 0.2) is 22.8 Å². The summed E-state index contributed by atoms with van der Waals surface area (Å²) in [6, 6.07) is 3.20. The second kappa shape index (κ2) is 8.15. The number of amides is 2. The molecular formula is C17H27N3O3. The van der Waals surface area contributed by atoms with Crippen LogP contribution in [-0.4, -0.2) is 41.4 Å². The molecule has 1 aromatic heterocycles. The molecule has 0 radical (unpaired) electrons. The summed E-state index contributed by atoms with van der Waals surface area (Å²) in [4.78, 5) is 26.8. The third kappa shape index (κ3) is 4.82. The molecule has 128 valence electrons. The lowest BCUT2D eigenvalue weighted by Crippen LogP contribution is -2.55. The van der Waals surface area contributed by atoms with Crippen LogP contribution in [0.2, 0.25) is 0 Å². The molecule has 0 bridgehead atoms. The van der Waals surface area contributed by atoms with Crippen LogP contribution in [-0.2, 0) is 16.1 Å². The molecule has 2 heterocycles. The van der Waals surface area contributed by atoms with E-state index in [-0.39, 0.29) is 17.9 Å². The molecule has 1 aliphatic heterocycles. The average molecular weight is 321 g/mol. The van der Waals surface area contributed by atoms with Gasteiger partial charge in [-0.3, -0.25) is 14.5 Å². The van der Waals surface area contributed by atoms with Gasteiger partial charge in [0, 0.05) is 6.04 Å². The van der Waals surface area contributed by atoms with E-state index in [1.165, 1.54) is 0 Å². The maximum atomic E-state index is 12.5. The minimum Gasteiger partial charge on any atom is -0.467 e. The Kier molecular flexibility index (Phi) is 6.21. The smallest absolute Gasteiger partial charge is 0.242 e. The molecular weight excluding hydrogens is 294 g/mol. The Bertz CT molecular complexity index is 513. The molecule has 2 atom stereocenters. The van der Waals surface area contributed by atoms with Gasteiger partial charge in [-0.25, -0.2) is 0 Å². The van der Waals surface area contributed by atoms with E-state index < -0.39 is 6.04 Å². The predicted molar refractivity (Wildman–Crippen MR) is 87.6 cm³/mol. The molecule has 0 aromatic carbocycles. The molecule has 0 saturated carbocycles.